The Morgan fingerprint density at radius 2 is 2.00 bits per heavy atom. The fraction of sp³-hybridized carbons (Fsp3) is 0.611. The number of carbonyl (C=O) groups excluding carboxylic acids is 1. The summed E-state index contributed by atoms with van der Waals surface area (Å²) in [5, 5.41) is 14.6. The lowest BCUT2D eigenvalue weighted by atomic mass is 10.1. The van der Waals surface area contributed by atoms with Gasteiger partial charge in [-0.3, -0.25) is 0 Å². The molecule has 1 saturated heterocycles. The molecule has 0 aromatic heterocycles. The number of hydrogen-bond acceptors (Lipinski definition) is 3. The third-order valence-corrected chi connectivity index (χ3v) is 4.31. The van der Waals surface area contributed by atoms with E-state index >= 15 is 0 Å². The van der Waals surface area contributed by atoms with Crippen molar-refractivity contribution in [2.45, 2.75) is 39.0 Å². The SMILES string of the molecule is CC(CCO)CNC(=O)Nc1cccc(N2CCCCCC2)c1. The lowest BCUT2D eigenvalue weighted by Gasteiger charge is -2.23. The second-order valence-electron chi connectivity index (χ2n) is 6.40. The highest BCUT2D eigenvalue weighted by atomic mass is 16.3. The summed E-state index contributed by atoms with van der Waals surface area (Å²) in [6, 6.07) is 7.87. The molecule has 1 heterocycles. The maximum absolute atomic E-state index is 12.0. The van der Waals surface area contributed by atoms with Gasteiger partial charge in [-0.2, -0.15) is 0 Å². The molecule has 1 fully saturated rings. The number of nitrogens with one attached hydrogen (secondary N) is 2. The monoisotopic (exact) mass is 319 g/mol. The molecule has 23 heavy (non-hydrogen) atoms. The zero-order valence-corrected chi connectivity index (χ0v) is 14.1. The Labute approximate surface area is 139 Å². The molecule has 2 amide bonds. The molecule has 3 N–H and O–H groups in total. The van der Waals surface area contributed by atoms with Crippen molar-refractivity contribution in [2.75, 3.05) is 36.5 Å². The molecule has 0 bridgehead atoms. The van der Waals surface area contributed by atoms with E-state index < -0.39 is 0 Å². The van der Waals surface area contributed by atoms with Crippen LogP contribution >= 0.6 is 0 Å². The second-order valence-corrected chi connectivity index (χ2v) is 6.40. The molecule has 5 nitrogen and oxygen atoms in total. The largest absolute Gasteiger partial charge is 0.396 e. The predicted molar refractivity (Wildman–Crippen MR) is 95.0 cm³/mol. The summed E-state index contributed by atoms with van der Waals surface area (Å²) >= 11 is 0. The van der Waals surface area contributed by atoms with Crippen molar-refractivity contribution < 1.29 is 9.90 Å². The lowest BCUT2D eigenvalue weighted by molar-refractivity contribution is 0.243. The average molecular weight is 319 g/mol. The number of benzene rings is 1. The Morgan fingerprint density at radius 3 is 2.70 bits per heavy atom. The van der Waals surface area contributed by atoms with Crippen LogP contribution in [0.5, 0.6) is 0 Å². The van der Waals surface area contributed by atoms with Crippen molar-refractivity contribution in [3.8, 4) is 0 Å². The van der Waals surface area contributed by atoms with Crippen molar-refractivity contribution in [3.05, 3.63) is 24.3 Å². The van der Waals surface area contributed by atoms with Crippen LogP contribution in [0.4, 0.5) is 16.2 Å². The minimum absolute atomic E-state index is 0.155. The van der Waals surface area contributed by atoms with E-state index in [1.165, 1.54) is 31.4 Å². The van der Waals surface area contributed by atoms with Gasteiger partial charge in [0.25, 0.3) is 0 Å². The molecule has 2 rings (SSSR count). The van der Waals surface area contributed by atoms with E-state index in [4.69, 9.17) is 5.11 Å². The first-order valence-electron chi connectivity index (χ1n) is 8.70. The molecule has 0 saturated carbocycles. The molecule has 0 radical (unpaired) electrons. The molecule has 128 valence electrons. The topological polar surface area (TPSA) is 64.6 Å². The summed E-state index contributed by atoms with van der Waals surface area (Å²) in [4.78, 5) is 14.4. The van der Waals surface area contributed by atoms with Crippen LogP contribution in [0.2, 0.25) is 0 Å². The fourth-order valence-corrected chi connectivity index (χ4v) is 2.87. The number of hydrogen-bond donors (Lipinski definition) is 3. The zero-order valence-electron chi connectivity index (χ0n) is 14.1. The molecule has 1 unspecified atom stereocenters. The normalized spacial score (nSPS) is 16.5. The van der Waals surface area contributed by atoms with E-state index in [1.54, 1.807) is 0 Å². The van der Waals surface area contributed by atoms with Crippen molar-refractivity contribution >= 4 is 17.4 Å². The average Bonchev–Trinajstić information content (AvgIpc) is 2.83. The van der Waals surface area contributed by atoms with Crippen LogP contribution in [0, 0.1) is 5.92 Å². The number of anilines is 2. The Balaban J connectivity index is 1.87. The van der Waals surface area contributed by atoms with Crippen LogP contribution in [-0.4, -0.2) is 37.4 Å². The summed E-state index contributed by atoms with van der Waals surface area (Å²) in [7, 11) is 0. The highest BCUT2D eigenvalue weighted by Gasteiger charge is 2.11. The van der Waals surface area contributed by atoms with E-state index in [0.717, 1.165) is 18.8 Å². The first-order valence-corrected chi connectivity index (χ1v) is 8.70. The zero-order chi connectivity index (χ0) is 16.5. The molecular weight excluding hydrogens is 290 g/mol. The third-order valence-electron chi connectivity index (χ3n) is 4.31. The van der Waals surface area contributed by atoms with Crippen LogP contribution in [-0.2, 0) is 0 Å². The van der Waals surface area contributed by atoms with Gasteiger partial charge in [-0.05, 0) is 43.4 Å². The maximum atomic E-state index is 12.0. The Kier molecular flexibility index (Phi) is 7.20. The fourth-order valence-electron chi connectivity index (χ4n) is 2.87. The predicted octanol–water partition coefficient (Wildman–Crippen LogP) is 3.21. The number of urea groups is 1. The molecule has 1 atom stereocenters. The molecule has 1 aliphatic rings. The molecule has 1 aromatic carbocycles. The minimum atomic E-state index is -0.192. The van der Waals surface area contributed by atoms with Crippen molar-refractivity contribution in [1.29, 1.82) is 0 Å². The Hall–Kier alpha value is -1.75. The van der Waals surface area contributed by atoms with Gasteiger partial charge in [-0.25, -0.2) is 4.79 Å². The van der Waals surface area contributed by atoms with Crippen LogP contribution in [0.15, 0.2) is 24.3 Å². The van der Waals surface area contributed by atoms with E-state index in [-0.39, 0.29) is 18.6 Å². The summed E-state index contributed by atoms with van der Waals surface area (Å²) < 4.78 is 0. The summed E-state index contributed by atoms with van der Waals surface area (Å²) in [5.41, 5.74) is 2.00. The van der Waals surface area contributed by atoms with Crippen LogP contribution in [0.3, 0.4) is 0 Å². The van der Waals surface area contributed by atoms with Gasteiger partial charge < -0.3 is 20.6 Å². The lowest BCUT2D eigenvalue weighted by Crippen LogP contribution is -2.32. The number of amides is 2. The Bertz CT molecular complexity index is 485. The number of aliphatic hydroxyl groups excluding tert-OH is 1. The van der Waals surface area contributed by atoms with Gasteiger partial charge in [0, 0.05) is 37.6 Å². The van der Waals surface area contributed by atoms with Gasteiger partial charge in [0.1, 0.15) is 0 Å². The number of nitrogens with zero attached hydrogens (tertiary/aromatic N) is 1. The highest BCUT2D eigenvalue weighted by Crippen LogP contribution is 2.22. The second kappa shape index (κ2) is 9.40. The summed E-state index contributed by atoms with van der Waals surface area (Å²) in [6.45, 7) is 4.92. The van der Waals surface area contributed by atoms with Crippen molar-refractivity contribution in [3.63, 3.8) is 0 Å². The van der Waals surface area contributed by atoms with Crippen LogP contribution < -0.4 is 15.5 Å². The van der Waals surface area contributed by atoms with Gasteiger partial charge in [-0.1, -0.05) is 25.8 Å². The molecule has 1 aromatic rings. The summed E-state index contributed by atoms with van der Waals surface area (Å²) in [5.74, 6) is 0.272. The molecular formula is C18H29N3O2. The van der Waals surface area contributed by atoms with Gasteiger partial charge in [0.05, 0.1) is 0 Å². The quantitative estimate of drug-likeness (QED) is 0.754. The van der Waals surface area contributed by atoms with Crippen LogP contribution in [0.25, 0.3) is 0 Å². The van der Waals surface area contributed by atoms with E-state index in [2.05, 4.69) is 21.6 Å². The van der Waals surface area contributed by atoms with E-state index in [0.29, 0.717) is 13.0 Å². The van der Waals surface area contributed by atoms with Gasteiger partial charge >= 0.3 is 6.03 Å². The van der Waals surface area contributed by atoms with Crippen molar-refractivity contribution in [2.24, 2.45) is 5.92 Å². The van der Waals surface area contributed by atoms with E-state index in [9.17, 15) is 4.79 Å². The molecule has 0 spiro atoms. The highest BCUT2D eigenvalue weighted by molar-refractivity contribution is 5.89. The van der Waals surface area contributed by atoms with E-state index in [1.807, 2.05) is 25.1 Å². The maximum Gasteiger partial charge on any atom is 0.319 e. The van der Waals surface area contributed by atoms with Gasteiger partial charge in [-0.15, -0.1) is 0 Å². The van der Waals surface area contributed by atoms with Gasteiger partial charge in [0.15, 0.2) is 0 Å². The number of aliphatic hydroxyl groups is 1. The first-order chi connectivity index (χ1) is 11.2. The number of carbonyl (C=O) groups is 1. The first kappa shape index (κ1) is 17.6. The van der Waals surface area contributed by atoms with Gasteiger partial charge in [0.2, 0.25) is 0 Å². The Morgan fingerprint density at radius 1 is 1.26 bits per heavy atom. The summed E-state index contributed by atoms with van der Waals surface area (Å²) in [6.07, 6.45) is 5.79. The molecule has 0 aliphatic carbocycles. The minimum Gasteiger partial charge on any atom is -0.396 e. The third kappa shape index (κ3) is 6.10. The molecule has 5 heteroatoms. The number of rotatable bonds is 6. The van der Waals surface area contributed by atoms with Crippen molar-refractivity contribution in [1.82, 2.24) is 5.32 Å². The standard InChI is InChI=1S/C18H29N3O2/c1-15(9-12-22)14-19-18(23)20-16-7-6-8-17(13-16)21-10-4-2-3-5-11-21/h6-8,13,15,22H,2-5,9-12,14H2,1H3,(H2,19,20,23). The molecule has 1 aliphatic heterocycles. The van der Waals surface area contributed by atoms with Crippen LogP contribution in [0.1, 0.15) is 39.0 Å². The smallest absolute Gasteiger partial charge is 0.319 e.